The number of Topliss-reactive ketones (excluding diaryl/α,β-unsaturated/α-hetero) is 1. The second-order valence-corrected chi connectivity index (χ2v) is 5.45. The molecule has 0 heterocycles. The van der Waals surface area contributed by atoms with Gasteiger partial charge in [-0.2, -0.15) is 0 Å². The van der Waals surface area contributed by atoms with Gasteiger partial charge in [0.2, 0.25) is 0 Å². The average molecular weight is 235 g/mol. The van der Waals surface area contributed by atoms with Crippen LogP contribution in [0.4, 0.5) is 0 Å². The third-order valence-corrected chi connectivity index (χ3v) is 4.30. The monoisotopic (exact) mass is 234 g/mol. The first-order valence-electron chi connectivity index (χ1n) is 6.07. The zero-order chi connectivity index (χ0) is 11.1. The normalized spacial score (nSPS) is 31.9. The maximum atomic E-state index is 12.3. The average Bonchev–Trinajstić information content (AvgIpc) is 3.02. The van der Waals surface area contributed by atoms with Crippen LogP contribution in [0.15, 0.2) is 24.3 Å². The van der Waals surface area contributed by atoms with Crippen LogP contribution in [0.1, 0.15) is 36.0 Å². The fraction of sp³-hybridized carbons (Fsp3) is 0.500. The minimum absolute atomic E-state index is 0.306. The number of ketones is 1. The fourth-order valence-electron chi connectivity index (χ4n) is 3.22. The lowest BCUT2D eigenvalue weighted by Gasteiger charge is -2.04. The summed E-state index contributed by atoms with van der Waals surface area (Å²) in [6.07, 6.45) is 5.12. The number of benzene rings is 1. The molecule has 0 saturated heterocycles. The van der Waals surface area contributed by atoms with Crippen molar-refractivity contribution in [3.8, 4) is 0 Å². The number of hydrogen-bond donors (Lipinski definition) is 0. The Morgan fingerprint density at radius 2 is 1.88 bits per heavy atom. The Bertz CT molecular complexity index is 414. The van der Waals surface area contributed by atoms with Crippen LogP contribution in [0.5, 0.6) is 0 Å². The molecule has 0 N–H and O–H groups in total. The first kappa shape index (κ1) is 10.3. The van der Waals surface area contributed by atoms with Gasteiger partial charge < -0.3 is 0 Å². The van der Waals surface area contributed by atoms with E-state index in [1.807, 2.05) is 18.2 Å². The number of hydrogen-bond acceptors (Lipinski definition) is 1. The smallest absolute Gasteiger partial charge is 0.166 e. The number of carbonyl (C=O) groups is 1. The lowest BCUT2D eigenvalue weighted by atomic mass is 10.0. The Morgan fingerprint density at radius 1 is 1.19 bits per heavy atom. The molecule has 0 aromatic heterocycles. The molecule has 2 atom stereocenters. The lowest BCUT2D eigenvalue weighted by Crippen LogP contribution is -2.03. The summed E-state index contributed by atoms with van der Waals surface area (Å²) in [7, 11) is 0. The maximum absolute atomic E-state index is 12.3. The van der Waals surface area contributed by atoms with Crippen molar-refractivity contribution < 1.29 is 4.79 Å². The van der Waals surface area contributed by atoms with E-state index in [1.165, 1.54) is 25.7 Å². The van der Waals surface area contributed by atoms with Crippen molar-refractivity contribution in [1.82, 2.24) is 0 Å². The van der Waals surface area contributed by atoms with Crippen molar-refractivity contribution >= 4 is 17.4 Å². The Hall–Kier alpha value is -0.820. The lowest BCUT2D eigenvalue weighted by molar-refractivity contribution is 0.0956. The van der Waals surface area contributed by atoms with Crippen molar-refractivity contribution in [1.29, 1.82) is 0 Å². The van der Waals surface area contributed by atoms with E-state index < -0.39 is 0 Å². The quantitative estimate of drug-likeness (QED) is 0.708. The van der Waals surface area contributed by atoms with Gasteiger partial charge in [-0.05, 0) is 36.8 Å². The summed E-state index contributed by atoms with van der Waals surface area (Å²) in [5.74, 6) is 1.99. The highest BCUT2D eigenvalue weighted by Gasteiger charge is 2.54. The molecule has 84 valence electrons. The van der Waals surface area contributed by atoms with Gasteiger partial charge in [-0.3, -0.25) is 4.79 Å². The molecule has 0 aliphatic heterocycles. The molecule has 1 nitrogen and oxygen atoms in total. The molecule has 2 heteroatoms. The van der Waals surface area contributed by atoms with Crippen LogP contribution in [0.2, 0.25) is 5.02 Å². The Balaban J connectivity index is 1.79. The Morgan fingerprint density at radius 3 is 2.50 bits per heavy atom. The molecule has 0 bridgehead atoms. The molecule has 1 aromatic carbocycles. The van der Waals surface area contributed by atoms with Crippen LogP contribution < -0.4 is 0 Å². The van der Waals surface area contributed by atoms with E-state index in [2.05, 4.69) is 0 Å². The Kier molecular flexibility index (Phi) is 2.51. The van der Waals surface area contributed by atoms with Gasteiger partial charge in [0.15, 0.2) is 5.78 Å². The van der Waals surface area contributed by atoms with Crippen molar-refractivity contribution in [2.75, 3.05) is 0 Å². The number of carbonyl (C=O) groups excluding carboxylic acids is 1. The topological polar surface area (TPSA) is 17.1 Å². The largest absolute Gasteiger partial charge is 0.294 e. The summed E-state index contributed by atoms with van der Waals surface area (Å²) in [6.45, 7) is 0. The SMILES string of the molecule is O=C(c1cccc(Cl)c1)C1C2CCCCC21. The first-order chi connectivity index (χ1) is 7.77. The Labute approximate surface area is 101 Å². The summed E-state index contributed by atoms with van der Waals surface area (Å²) in [5, 5.41) is 0.662. The molecule has 2 fully saturated rings. The van der Waals surface area contributed by atoms with Crippen LogP contribution in [0.3, 0.4) is 0 Å². The van der Waals surface area contributed by atoms with E-state index in [9.17, 15) is 4.79 Å². The summed E-state index contributed by atoms with van der Waals surface area (Å²) in [5.41, 5.74) is 0.798. The van der Waals surface area contributed by atoms with Crippen LogP contribution >= 0.6 is 11.6 Å². The van der Waals surface area contributed by atoms with Crippen molar-refractivity contribution in [2.45, 2.75) is 25.7 Å². The predicted molar refractivity (Wildman–Crippen MR) is 64.7 cm³/mol. The molecular weight excluding hydrogens is 220 g/mol. The fourth-order valence-corrected chi connectivity index (χ4v) is 3.41. The molecule has 1 aromatic rings. The summed E-state index contributed by atoms with van der Waals surface area (Å²) < 4.78 is 0. The van der Waals surface area contributed by atoms with Gasteiger partial charge in [-0.15, -0.1) is 0 Å². The molecule has 3 rings (SSSR count). The van der Waals surface area contributed by atoms with Gasteiger partial charge in [0, 0.05) is 16.5 Å². The van der Waals surface area contributed by atoms with Crippen LogP contribution in [-0.4, -0.2) is 5.78 Å². The molecule has 2 unspecified atom stereocenters. The number of halogens is 1. The molecule has 2 aliphatic carbocycles. The molecule has 2 aliphatic rings. The highest BCUT2D eigenvalue weighted by Crippen LogP contribution is 2.56. The maximum Gasteiger partial charge on any atom is 0.166 e. The predicted octanol–water partition coefficient (Wildman–Crippen LogP) is 3.96. The summed E-state index contributed by atoms with van der Waals surface area (Å²) in [4.78, 5) is 12.3. The van der Waals surface area contributed by atoms with E-state index >= 15 is 0 Å². The first-order valence-corrected chi connectivity index (χ1v) is 6.45. The second kappa shape index (κ2) is 3.89. The molecule has 16 heavy (non-hydrogen) atoms. The van der Waals surface area contributed by atoms with Gasteiger partial charge in [0.05, 0.1) is 0 Å². The molecule has 0 radical (unpaired) electrons. The van der Waals surface area contributed by atoms with Crippen molar-refractivity contribution in [3.63, 3.8) is 0 Å². The van der Waals surface area contributed by atoms with E-state index in [4.69, 9.17) is 11.6 Å². The van der Waals surface area contributed by atoms with E-state index in [1.54, 1.807) is 6.07 Å². The number of rotatable bonds is 2. The van der Waals surface area contributed by atoms with Gasteiger partial charge in [0.1, 0.15) is 0 Å². The van der Waals surface area contributed by atoms with Crippen molar-refractivity contribution in [3.05, 3.63) is 34.9 Å². The van der Waals surface area contributed by atoms with Crippen LogP contribution in [0, 0.1) is 17.8 Å². The molecular formula is C14H15ClO. The highest BCUT2D eigenvalue weighted by molar-refractivity contribution is 6.31. The van der Waals surface area contributed by atoms with E-state index in [-0.39, 0.29) is 0 Å². The van der Waals surface area contributed by atoms with Crippen LogP contribution in [0.25, 0.3) is 0 Å². The second-order valence-electron chi connectivity index (χ2n) is 5.01. The third-order valence-electron chi connectivity index (χ3n) is 4.07. The van der Waals surface area contributed by atoms with Gasteiger partial charge in [-0.1, -0.05) is 36.6 Å². The number of fused-ring (bicyclic) bond motifs is 1. The van der Waals surface area contributed by atoms with Gasteiger partial charge in [-0.25, -0.2) is 0 Å². The zero-order valence-corrected chi connectivity index (χ0v) is 9.91. The zero-order valence-electron chi connectivity index (χ0n) is 9.16. The minimum atomic E-state index is 0.306. The van der Waals surface area contributed by atoms with Crippen LogP contribution in [-0.2, 0) is 0 Å². The third kappa shape index (κ3) is 1.67. The van der Waals surface area contributed by atoms with Gasteiger partial charge >= 0.3 is 0 Å². The van der Waals surface area contributed by atoms with Crippen molar-refractivity contribution in [2.24, 2.45) is 17.8 Å². The minimum Gasteiger partial charge on any atom is -0.294 e. The molecule has 2 saturated carbocycles. The van der Waals surface area contributed by atoms with E-state index in [0.717, 1.165) is 5.56 Å². The summed E-state index contributed by atoms with van der Waals surface area (Å²) >= 11 is 5.91. The standard InChI is InChI=1S/C14H15ClO/c15-10-5-3-4-9(8-10)14(16)13-11-6-1-2-7-12(11)13/h3-5,8,11-13H,1-2,6-7H2. The van der Waals surface area contributed by atoms with Gasteiger partial charge in [0.25, 0.3) is 0 Å². The van der Waals surface area contributed by atoms with E-state index in [0.29, 0.717) is 28.6 Å². The summed E-state index contributed by atoms with van der Waals surface area (Å²) in [6, 6.07) is 7.37. The highest BCUT2D eigenvalue weighted by atomic mass is 35.5. The molecule has 0 spiro atoms. The molecule has 0 amide bonds.